The predicted octanol–water partition coefficient (Wildman–Crippen LogP) is 4.27. The van der Waals surface area contributed by atoms with Gasteiger partial charge < -0.3 is 9.47 Å². The predicted molar refractivity (Wildman–Crippen MR) is 81.9 cm³/mol. The van der Waals surface area contributed by atoms with Gasteiger partial charge in [0.25, 0.3) is 5.60 Å². The summed E-state index contributed by atoms with van der Waals surface area (Å²) < 4.78 is 49.8. The first-order valence-corrected chi connectivity index (χ1v) is 7.29. The quantitative estimate of drug-likeness (QED) is 0.738. The number of hydrogen-bond acceptors (Lipinski definition) is 3. The van der Waals surface area contributed by atoms with Gasteiger partial charge in [0, 0.05) is 0 Å². The number of ether oxygens (including phenoxy) is 2. The van der Waals surface area contributed by atoms with Crippen LogP contribution in [0.15, 0.2) is 60.7 Å². The molecule has 0 aromatic heterocycles. The van der Waals surface area contributed by atoms with Crippen molar-refractivity contribution in [3.05, 3.63) is 71.8 Å². The lowest BCUT2D eigenvalue weighted by Gasteiger charge is -2.29. The monoisotopic (exact) mass is 338 g/mol. The molecule has 2 aromatic carbocycles. The van der Waals surface area contributed by atoms with E-state index in [0.29, 0.717) is 18.1 Å². The molecule has 0 aliphatic carbocycles. The Bertz CT molecular complexity index is 656. The average molecular weight is 338 g/mol. The zero-order valence-corrected chi connectivity index (χ0v) is 13.0. The van der Waals surface area contributed by atoms with Crippen molar-refractivity contribution in [3.63, 3.8) is 0 Å². The number of benzene rings is 2. The third kappa shape index (κ3) is 4.35. The molecule has 0 radical (unpaired) electrons. The Morgan fingerprint density at radius 1 is 0.875 bits per heavy atom. The third-order valence-corrected chi connectivity index (χ3v) is 3.51. The minimum absolute atomic E-state index is 0.250. The fourth-order valence-corrected chi connectivity index (χ4v) is 1.92. The van der Waals surface area contributed by atoms with Crippen molar-refractivity contribution in [2.24, 2.45) is 0 Å². The zero-order valence-electron chi connectivity index (χ0n) is 13.0. The van der Waals surface area contributed by atoms with E-state index in [2.05, 4.69) is 0 Å². The SMILES string of the molecule is CC(OCc1ccccc1)(C(=O)OCc1ccccc1)C(F)(F)F. The van der Waals surface area contributed by atoms with Crippen LogP contribution in [0.3, 0.4) is 0 Å². The minimum Gasteiger partial charge on any atom is -0.458 e. The molecule has 0 bridgehead atoms. The van der Waals surface area contributed by atoms with Gasteiger partial charge in [-0.15, -0.1) is 0 Å². The molecule has 0 saturated heterocycles. The zero-order chi connectivity index (χ0) is 17.6. The number of halogens is 3. The molecular formula is C18H17F3O3. The number of alkyl halides is 3. The van der Waals surface area contributed by atoms with Crippen LogP contribution in [-0.4, -0.2) is 17.7 Å². The normalized spacial score (nSPS) is 14.0. The van der Waals surface area contributed by atoms with E-state index in [1.54, 1.807) is 60.7 Å². The summed E-state index contributed by atoms with van der Waals surface area (Å²) >= 11 is 0. The van der Waals surface area contributed by atoms with E-state index in [4.69, 9.17) is 9.47 Å². The van der Waals surface area contributed by atoms with Crippen LogP contribution in [0.4, 0.5) is 13.2 Å². The molecule has 0 amide bonds. The lowest BCUT2D eigenvalue weighted by Crippen LogP contribution is -2.52. The van der Waals surface area contributed by atoms with E-state index in [9.17, 15) is 18.0 Å². The van der Waals surface area contributed by atoms with E-state index in [1.165, 1.54) is 0 Å². The lowest BCUT2D eigenvalue weighted by molar-refractivity contribution is -0.275. The van der Waals surface area contributed by atoms with Crippen molar-refractivity contribution >= 4 is 5.97 Å². The molecule has 0 aliphatic heterocycles. The van der Waals surface area contributed by atoms with Gasteiger partial charge in [-0.3, -0.25) is 0 Å². The van der Waals surface area contributed by atoms with Crippen molar-refractivity contribution in [3.8, 4) is 0 Å². The van der Waals surface area contributed by atoms with Crippen molar-refractivity contribution < 1.29 is 27.4 Å². The largest absolute Gasteiger partial charge is 0.458 e. The Hall–Kier alpha value is -2.34. The maximum atomic E-state index is 13.4. The molecule has 24 heavy (non-hydrogen) atoms. The second-order valence-corrected chi connectivity index (χ2v) is 5.37. The Morgan fingerprint density at radius 3 is 1.79 bits per heavy atom. The van der Waals surface area contributed by atoms with E-state index in [1.807, 2.05) is 0 Å². The summed E-state index contributed by atoms with van der Waals surface area (Å²) in [6, 6.07) is 16.8. The van der Waals surface area contributed by atoms with Crippen LogP contribution in [0.25, 0.3) is 0 Å². The van der Waals surface area contributed by atoms with Gasteiger partial charge in [-0.25, -0.2) is 4.79 Å². The molecule has 0 heterocycles. The molecule has 0 saturated carbocycles. The van der Waals surface area contributed by atoms with Crippen LogP contribution in [0, 0.1) is 0 Å². The standard InChI is InChI=1S/C18H17F3O3/c1-17(18(19,20)21,24-13-15-10-6-3-7-11-15)16(22)23-12-14-8-4-2-5-9-14/h2-11H,12-13H2,1H3. The van der Waals surface area contributed by atoms with Gasteiger partial charge in [-0.05, 0) is 18.1 Å². The molecule has 1 unspecified atom stereocenters. The second-order valence-electron chi connectivity index (χ2n) is 5.37. The van der Waals surface area contributed by atoms with E-state index >= 15 is 0 Å². The van der Waals surface area contributed by atoms with Gasteiger partial charge in [0.1, 0.15) is 6.61 Å². The highest BCUT2D eigenvalue weighted by molar-refractivity contribution is 5.80. The molecule has 2 rings (SSSR count). The van der Waals surface area contributed by atoms with Crippen molar-refractivity contribution in [1.29, 1.82) is 0 Å². The van der Waals surface area contributed by atoms with Crippen molar-refractivity contribution in [2.45, 2.75) is 31.9 Å². The maximum absolute atomic E-state index is 13.4. The van der Waals surface area contributed by atoms with E-state index in [-0.39, 0.29) is 13.2 Å². The fraction of sp³-hybridized carbons (Fsp3) is 0.278. The molecule has 128 valence electrons. The van der Waals surface area contributed by atoms with Gasteiger partial charge in [-0.1, -0.05) is 60.7 Å². The number of rotatable bonds is 6. The summed E-state index contributed by atoms with van der Waals surface area (Å²) in [6.45, 7) is 0.0839. The maximum Gasteiger partial charge on any atom is 0.428 e. The molecule has 0 spiro atoms. The highest BCUT2D eigenvalue weighted by Gasteiger charge is 2.59. The molecule has 6 heteroatoms. The Balaban J connectivity index is 2.07. The molecule has 2 aromatic rings. The van der Waals surface area contributed by atoms with Crippen molar-refractivity contribution in [2.75, 3.05) is 0 Å². The Labute approximate surface area is 138 Å². The van der Waals surface area contributed by atoms with Crippen LogP contribution in [-0.2, 0) is 27.5 Å². The van der Waals surface area contributed by atoms with Gasteiger partial charge in [-0.2, -0.15) is 13.2 Å². The Morgan fingerprint density at radius 2 is 1.33 bits per heavy atom. The molecule has 0 fully saturated rings. The van der Waals surface area contributed by atoms with Crippen LogP contribution in [0.1, 0.15) is 18.1 Å². The van der Waals surface area contributed by atoms with E-state index in [0.717, 1.165) is 0 Å². The molecule has 1 atom stereocenters. The van der Waals surface area contributed by atoms with Gasteiger partial charge >= 0.3 is 12.1 Å². The summed E-state index contributed by atoms with van der Waals surface area (Å²) in [5.74, 6) is -1.46. The molecule has 0 aliphatic rings. The van der Waals surface area contributed by atoms with Crippen LogP contribution < -0.4 is 0 Å². The van der Waals surface area contributed by atoms with Crippen LogP contribution in [0.5, 0.6) is 0 Å². The minimum atomic E-state index is -4.89. The van der Waals surface area contributed by atoms with Crippen LogP contribution >= 0.6 is 0 Å². The Kier molecular flexibility index (Phi) is 5.62. The highest BCUT2D eigenvalue weighted by atomic mass is 19.4. The first-order valence-electron chi connectivity index (χ1n) is 7.29. The summed E-state index contributed by atoms with van der Waals surface area (Å²) in [7, 11) is 0. The molecular weight excluding hydrogens is 321 g/mol. The molecule has 3 nitrogen and oxygen atoms in total. The number of hydrogen-bond donors (Lipinski definition) is 0. The highest BCUT2D eigenvalue weighted by Crippen LogP contribution is 2.35. The van der Waals surface area contributed by atoms with Gasteiger partial charge in [0.15, 0.2) is 0 Å². The molecule has 0 N–H and O–H groups in total. The third-order valence-electron chi connectivity index (χ3n) is 3.51. The average Bonchev–Trinajstić information content (AvgIpc) is 2.58. The van der Waals surface area contributed by atoms with Gasteiger partial charge in [0.2, 0.25) is 0 Å². The van der Waals surface area contributed by atoms with E-state index < -0.39 is 17.7 Å². The first kappa shape index (κ1) is 18.0. The van der Waals surface area contributed by atoms with Gasteiger partial charge in [0.05, 0.1) is 6.61 Å². The lowest BCUT2D eigenvalue weighted by atomic mass is 10.1. The number of carbonyl (C=O) groups excluding carboxylic acids is 1. The summed E-state index contributed by atoms with van der Waals surface area (Å²) in [5.41, 5.74) is -1.90. The van der Waals surface area contributed by atoms with Crippen molar-refractivity contribution in [1.82, 2.24) is 0 Å². The fourth-order valence-electron chi connectivity index (χ4n) is 1.92. The summed E-state index contributed by atoms with van der Waals surface area (Å²) in [6.07, 6.45) is -4.89. The number of carbonyl (C=O) groups is 1. The second kappa shape index (κ2) is 7.49. The summed E-state index contributed by atoms with van der Waals surface area (Å²) in [5, 5.41) is 0. The smallest absolute Gasteiger partial charge is 0.428 e. The summed E-state index contributed by atoms with van der Waals surface area (Å²) in [4.78, 5) is 12.0. The topological polar surface area (TPSA) is 35.5 Å². The number of esters is 1. The first-order chi connectivity index (χ1) is 11.3. The van der Waals surface area contributed by atoms with Crippen LogP contribution in [0.2, 0.25) is 0 Å².